The van der Waals surface area contributed by atoms with Gasteiger partial charge < -0.3 is 5.32 Å². The molecule has 9 nitrogen and oxygen atoms in total. The van der Waals surface area contributed by atoms with Gasteiger partial charge in [0.15, 0.2) is 0 Å². The Balaban J connectivity index is 1.55. The Bertz CT molecular complexity index is 1250. The van der Waals surface area contributed by atoms with Gasteiger partial charge in [-0.3, -0.25) is 29.4 Å². The summed E-state index contributed by atoms with van der Waals surface area (Å²) in [7, 11) is 0. The smallest absolute Gasteiger partial charge is 0.271 e. The first kappa shape index (κ1) is 19.4. The van der Waals surface area contributed by atoms with E-state index in [4.69, 9.17) is 11.6 Å². The molecule has 4 aliphatic heterocycles. The van der Waals surface area contributed by atoms with Crippen molar-refractivity contribution in [1.29, 1.82) is 0 Å². The summed E-state index contributed by atoms with van der Waals surface area (Å²) in [4.78, 5) is 54.7. The number of nitro benzene ring substituents is 1. The highest BCUT2D eigenvalue weighted by atomic mass is 35.5. The number of benzene rings is 2. The lowest BCUT2D eigenvalue weighted by Crippen LogP contribution is -2.54. The Hall–Kier alpha value is -3.30. The van der Waals surface area contributed by atoms with E-state index in [0.717, 1.165) is 17.4 Å². The third kappa shape index (κ3) is 2.14. The fourth-order valence-electron chi connectivity index (χ4n) is 6.18. The van der Waals surface area contributed by atoms with E-state index in [9.17, 15) is 24.5 Å². The van der Waals surface area contributed by atoms with Crippen molar-refractivity contribution in [3.63, 3.8) is 0 Å². The van der Waals surface area contributed by atoms with E-state index < -0.39 is 34.1 Å². The fourth-order valence-corrected chi connectivity index (χ4v) is 6.38. The number of hydrogen-bond acceptors (Lipinski definition) is 6. The van der Waals surface area contributed by atoms with Crippen molar-refractivity contribution < 1.29 is 19.3 Å². The van der Waals surface area contributed by atoms with E-state index in [1.54, 1.807) is 6.07 Å². The van der Waals surface area contributed by atoms with Crippen LogP contribution >= 0.6 is 11.6 Å². The van der Waals surface area contributed by atoms with E-state index in [2.05, 4.69) is 5.32 Å². The molecule has 3 saturated heterocycles. The lowest BCUT2D eigenvalue weighted by Gasteiger charge is -2.36. The quantitative estimate of drug-likeness (QED) is 0.426. The first-order valence-corrected chi connectivity index (χ1v) is 10.7. The second-order valence-electron chi connectivity index (χ2n) is 8.58. The maximum atomic E-state index is 13.8. The Kier molecular flexibility index (Phi) is 3.86. The monoisotopic (exact) mass is 452 g/mol. The molecule has 0 aliphatic carbocycles. The molecular weight excluding hydrogens is 436 g/mol. The molecule has 162 valence electrons. The second kappa shape index (κ2) is 6.36. The van der Waals surface area contributed by atoms with Gasteiger partial charge >= 0.3 is 0 Å². The lowest BCUT2D eigenvalue weighted by atomic mass is 9.75. The Morgan fingerprint density at radius 1 is 1.12 bits per heavy atom. The SMILES string of the molecule is O=C1[C@@H]2[C@H]3CCCN3[C@]3(C(=O)Nc4ccccc43)[C@@H]2C(=O)N1c1cc([N+](=O)[O-])ccc1Cl. The number of nitro groups is 1. The molecular formula is C22H17ClN4O5. The van der Waals surface area contributed by atoms with Gasteiger partial charge in [0.25, 0.3) is 5.69 Å². The molecule has 2 aromatic carbocycles. The summed E-state index contributed by atoms with van der Waals surface area (Å²) in [6, 6.07) is 10.6. The lowest BCUT2D eigenvalue weighted by molar-refractivity contribution is -0.384. The topological polar surface area (TPSA) is 113 Å². The normalized spacial score (nSPS) is 30.6. The summed E-state index contributed by atoms with van der Waals surface area (Å²) in [5.41, 5.74) is -0.245. The molecule has 0 radical (unpaired) electrons. The van der Waals surface area contributed by atoms with Gasteiger partial charge in [0.2, 0.25) is 17.7 Å². The number of carbonyl (C=O) groups is 3. The van der Waals surface area contributed by atoms with Crippen molar-refractivity contribution in [2.75, 3.05) is 16.8 Å². The molecule has 1 spiro atoms. The van der Waals surface area contributed by atoms with Gasteiger partial charge in [-0.05, 0) is 31.5 Å². The van der Waals surface area contributed by atoms with E-state index in [0.29, 0.717) is 24.2 Å². The number of halogens is 1. The van der Waals surface area contributed by atoms with Crippen LogP contribution in [0.2, 0.25) is 5.02 Å². The largest absolute Gasteiger partial charge is 0.324 e. The molecule has 4 atom stereocenters. The van der Waals surface area contributed by atoms with Crippen LogP contribution in [0.5, 0.6) is 0 Å². The Morgan fingerprint density at radius 2 is 1.91 bits per heavy atom. The van der Waals surface area contributed by atoms with Gasteiger partial charge in [-0.25, -0.2) is 4.90 Å². The Labute approximate surface area is 187 Å². The maximum absolute atomic E-state index is 13.8. The molecule has 3 amide bonds. The Morgan fingerprint density at radius 3 is 2.69 bits per heavy atom. The highest BCUT2D eigenvalue weighted by Gasteiger charge is 2.74. The number of fused-ring (bicyclic) bond motifs is 7. The van der Waals surface area contributed by atoms with E-state index in [1.807, 2.05) is 23.1 Å². The number of carbonyl (C=O) groups excluding carboxylic acids is 3. The van der Waals surface area contributed by atoms with Crippen LogP contribution in [0.15, 0.2) is 42.5 Å². The van der Waals surface area contributed by atoms with Gasteiger partial charge in [0, 0.05) is 29.4 Å². The van der Waals surface area contributed by atoms with Gasteiger partial charge in [0.05, 0.1) is 27.5 Å². The minimum atomic E-state index is -1.28. The van der Waals surface area contributed by atoms with Gasteiger partial charge in [-0.2, -0.15) is 0 Å². The number of para-hydroxylation sites is 1. The number of imide groups is 1. The van der Waals surface area contributed by atoms with E-state index in [1.165, 1.54) is 12.1 Å². The first-order valence-electron chi connectivity index (χ1n) is 10.4. The summed E-state index contributed by atoms with van der Waals surface area (Å²) in [5.74, 6) is -2.99. The minimum Gasteiger partial charge on any atom is -0.324 e. The van der Waals surface area contributed by atoms with Crippen molar-refractivity contribution in [2.45, 2.75) is 24.4 Å². The van der Waals surface area contributed by atoms with E-state index in [-0.39, 0.29) is 28.3 Å². The molecule has 0 unspecified atom stereocenters. The van der Waals surface area contributed by atoms with Crippen LogP contribution in [0.3, 0.4) is 0 Å². The third-order valence-electron chi connectivity index (χ3n) is 7.28. The number of nitrogens with one attached hydrogen (secondary N) is 1. The molecule has 10 heteroatoms. The van der Waals surface area contributed by atoms with Crippen LogP contribution in [0.1, 0.15) is 18.4 Å². The molecule has 0 aromatic heterocycles. The molecule has 32 heavy (non-hydrogen) atoms. The molecule has 3 fully saturated rings. The number of non-ortho nitro benzene ring substituents is 1. The standard InChI is InChI=1S/C22H17ClN4O5/c23-13-8-7-11(27(31)32)10-16(13)26-19(28)17-15-6-3-9-25(15)22(18(17)20(26)29)12-4-1-2-5-14(12)24-21(22)30/h1-2,4-5,7-8,10,15,17-18H,3,6,9H2,(H,24,30)/t15-,17-,18+,22+/m1/s1. The number of nitrogens with zero attached hydrogens (tertiary/aromatic N) is 3. The molecule has 4 heterocycles. The van der Waals surface area contributed by atoms with Crippen LogP contribution in [-0.4, -0.2) is 40.1 Å². The summed E-state index contributed by atoms with van der Waals surface area (Å²) in [5, 5.41) is 14.3. The average Bonchev–Trinajstić information content (AvgIpc) is 3.47. The maximum Gasteiger partial charge on any atom is 0.271 e. The minimum absolute atomic E-state index is 0.0170. The van der Waals surface area contributed by atoms with Gasteiger partial charge in [-0.1, -0.05) is 29.8 Å². The zero-order valence-corrected chi connectivity index (χ0v) is 17.4. The van der Waals surface area contributed by atoms with Crippen LogP contribution in [0, 0.1) is 22.0 Å². The average molecular weight is 453 g/mol. The zero-order valence-electron chi connectivity index (χ0n) is 16.7. The van der Waals surface area contributed by atoms with Crippen LogP contribution in [0.25, 0.3) is 0 Å². The predicted molar refractivity (Wildman–Crippen MR) is 114 cm³/mol. The summed E-state index contributed by atoms with van der Waals surface area (Å²) >= 11 is 6.28. The molecule has 2 aromatic rings. The first-order chi connectivity index (χ1) is 15.4. The van der Waals surface area contributed by atoms with Crippen LogP contribution in [0.4, 0.5) is 17.1 Å². The molecule has 0 saturated carbocycles. The number of hydrogen-bond donors (Lipinski definition) is 1. The number of anilines is 2. The summed E-state index contributed by atoms with van der Waals surface area (Å²) in [6.07, 6.45) is 1.50. The van der Waals surface area contributed by atoms with Crippen molar-refractivity contribution in [3.8, 4) is 0 Å². The van der Waals surface area contributed by atoms with Gasteiger partial charge in [-0.15, -0.1) is 0 Å². The highest BCUT2D eigenvalue weighted by Crippen LogP contribution is 2.60. The third-order valence-corrected chi connectivity index (χ3v) is 7.60. The molecule has 0 bridgehead atoms. The van der Waals surface area contributed by atoms with Crippen molar-refractivity contribution in [3.05, 3.63) is 63.2 Å². The molecule has 6 rings (SSSR count). The summed E-state index contributed by atoms with van der Waals surface area (Å²) in [6.45, 7) is 0.609. The van der Waals surface area contributed by atoms with E-state index >= 15 is 0 Å². The van der Waals surface area contributed by atoms with Crippen LogP contribution < -0.4 is 10.2 Å². The number of amides is 3. The zero-order chi connectivity index (χ0) is 22.4. The molecule has 1 N–H and O–H groups in total. The van der Waals surface area contributed by atoms with Crippen LogP contribution in [-0.2, 0) is 19.9 Å². The number of rotatable bonds is 2. The summed E-state index contributed by atoms with van der Waals surface area (Å²) < 4.78 is 0. The second-order valence-corrected chi connectivity index (χ2v) is 8.98. The van der Waals surface area contributed by atoms with Gasteiger partial charge in [0.1, 0.15) is 5.54 Å². The highest BCUT2D eigenvalue weighted by molar-refractivity contribution is 6.36. The fraction of sp³-hybridized carbons (Fsp3) is 0.318. The van der Waals surface area contributed by atoms with Crippen molar-refractivity contribution in [1.82, 2.24) is 4.90 Å². The van der Waals surface area contributed by atoms with Crippen molar-refractivity contribution >= 4 is 46.4 Å². The van der Waals surface area contributed by atoms with Crippen molar-refractivity contribution in [2.24, 2.45) is 11.8 Å². The molecule has 4 aliphatic rings. The predicted octanol–water partition coefficient (Wildman–Crippen LogP) is 2.68.